The number of aliphatic hydroxyl groups excluding tert-OH is 1. The number of rotatable bonds is 5. The third kappa shape index (κ3) is 4.36. The summed E-state index contributed by atoms with van der Waals surface area (Å²) in [5.74, 6) is 1.37. The van der Waals surface area contributed by atoms with Gasteiger partial charge in [-0.3, -0.25) is 4.90 Å². The molecule has 1 aromatic heterocycles. The number of carbonyl (C=O) groups is 1. The van der Waals surface area contributed by atoms with Crippen LogP contribution in [0.3, 0.4) is 0 Å². The van der Waals surface area contributed by atoms with Crippen LogP contribution in [0.1, 0.15) is 89.5 Å². The monoisotopic (exact) mass is 542 g/mol. The average molecular weight is 543 g/mol. The first-order chi connectivity index (χ1) is 18.5. The van der Waals surface area contributed by atoms with Crippen LogP contribution in [0.2, 0.25) is 0 Å². The van der Waals surface area contributed by atoms with E-state index in [0.717, 1.165) is 76.3 Å². The molecule has 5 fully saturated rings. The van der Waals surface area contributed by atoms with Gasteiger partial charge in [-0.25, -0.2) is 9.59 Å². The van der Waals surface area contributed by atoms with Gasteiger partial charge in [-0.2, -0.15) is 0 Å². The van der Waals surface area contributed by atoms with Crippen molar-refractivity contribution in [2.24, 2.45) is 28.6 Å². The molecule has 8 heteroatoms. The van der Waals surface area contributed by atoms with Crippen molar-refractivity contribution in [3.8, 4) is 0 Å². The number of aliphatic hydroxyl groups is 2. The predicted molar refractivity (Wildman–Crippen MR) is 146 cm³/mol. The van der Waals surface area contributed by atoms with Crippen LogP contribution in [0, 0.1) is 28.6 Å². The van der Waals surface area contributed by atoms with Gasteiger partial charge in [0.25, 0.3) is 0 Å². The highest BCUT2D eigenvalue weighted by Crippen LogP contribution is 2.70. The van der Waals surface area contributed by atoms with Crippen molar-refractivity contribution in [1.82, 2.24) is 9.80 Å². The minimum atomic E-state index is -0.825. The lowest BCUT2D eigenvalue weighted by molar-refractivity contribution is -0.203. The second-order valence-electron chi connectivity index (χ2n) is 14.0. The number of carboxylic acid groups (broad SMARTS) is 1. The maximum absolute atomic E-state index is 12.5. The Kier molecular flexibility index (Phi) is 6.91. The van der Waals surface area contributed by atoms with Crippen molar-refractivity contribution in [2.45, 2.75) is 102 Å². The molecule has 0 spiro atoms. The van der Waals surface area contributed by atoms with Crippen molar-refractivity contribution < 1.29 is 24.5 Å². The summed E-state index contributed by atoms with van der Waals surface area (Å²) < 4.78 is 5.22. The number of likely N-dealkylation sites (tertiary alicyclic amines) is 1. The maximum atomic E-state index is 12.5. The number of amides is 1. The Morgan fingerprint density at radius 2 is 1.90 bits per heavy atom. The van der Waals surface area contributed by atoms with Gasteiger partial charge >= 0.3 is 11.7 Å². The first kappa shape index (κ1) is 27.3. The molecule has 9 atom stereocenters. The van der Waals surface area contributed by atoms with Crippen molar-refractivity contribution in [2.75, 3.05) is 26.2 Å². The highest BCUT2D eigenvalue weighted by Gasteiger charge is 2.67. The number of hydrogen-bond acceptors (Lipinski definition) is 6. The van der Waals surface area contributed by atoms with Gasteiger partial charge < -0.3 is 24.6 Å². The fourth-order valence-electron chi connectivity index (χ4n) is 10.3. The van der Waals surface area contributed by atoms with Crippen LogP contribution in [0.4, 0.5) is 4.79 Å². The Hall–Kier alpha value is -1.90. The van der Waals surface area contributed by atoms with Crippen LogP contribution in [0.5, 0.6) is 0 Å². The Bertz CT molecular complexity index is 1120. The summed E-state index contributed by atoms with van der Waals surface area (Å²) in [6.07, 6.45) is 9.86. The smallest absolute Gasteiger partial charge is 0.407 e. The average Bonchev–Trinajstić information content (AvgIpc) is 3.44. The number of β-amino-alcohol motifs (C(OH)–C–C–N with tert-alkyl or cyclic N) is 1. The highest BCUT2D eigenvalue weighted by molar-refractivity contribution is 5.65. The van der Waals surface area contributed by atoms with E-state index >= 15 is 0 Å². The summed E-state index contributed by atoms with van der Waals surface area (Å²) in [5.41, 5.74) is -0.146. The first-order valence-electron chi connectivity index (χ1n) is 15.3. The van der Waals surface area contributed by atoms with Crippen LogP contribution >= 0.6 is 0 Å². The van der Waals surface area contributed by atoms with E-state index in [2.05, 4.69) is 18.7 Å². The summed E-state index contributed by atoms with van der Waals surface area (Å²) >= 11 is 0. The molecular weight excluding hydrogens is 496 g/mol. The van der Waals surface area contributed by atoms with Gasteiger partial charge in [0.05, 0.1) is 18.0 Å². The van der Waals surface area contributed by atoms with Crippen molar-refractivity contribution in [1.29, 1.82) is 0 Å². The molecule has 8 nitrogen and oxygen atoms in total. The topological polar surface area (TPSA) is 114 Å². The molecule has 0 radical (unpaired) electrons. The summed E-state index contributed by atoms with van der Waals surface area (Å²) in [5, 5.41) is 32.4. The van der Waals surface area contributed by atoms with Gasteiger partial charge in [-0.05, 0) is 105 Å². The molecule has 6 rings (SSSR count). The Balaban J connectivity index is 1.17. The third-order valence-electron chi connectivity index (χ3n) is 12.5. The van der Waals surface area contributed by atoms with Gasteiger partial charge in [-0.1, -0.05) is 13.8 Å². The van der Waals surface area contributed by atoms with Gasteiger partial charge in [0.2, 0.25) is 0 Å². The van der Waals surface area contributed by atoms with E-state index in [9.17, 15) is 24.9 Å². The van der Waals surface area contributed by atoms with E-state index in [-0.39, 0.29) is 40.4 Å². The van der Waals surface area contributed by atoms with E-state index in [0.29, 0.717) is 31.5 Å². The third-order valence-corrected chi connectivity index (χ3v) is 12.5. The van der Waals surface area contributed by atoms with E-state index < -0.39 is 11.7 Å². The van der Waals surface area contributed by atoms with E-state index in [1.165, 1.54) is 6.07 Å². The fraction of sp³-hybridized carbons (Fsp3) is 0.806. The van der Waals surface area contributed by atoms with E-state index in [1.54, 1.807) is 11.2 Å². The molecule has 1 aliphatic heterocycles. The second-order valence-corrected chi connectivity index (χ2v) is 14.0. The molecule has 0 aromatic carbocycles. The van der Waals surface area contributed by atoms with Crippen LogP contribution in [0.25, 0.3) is 0 Å². The summed E-state index contributed by atoms with van der Waals surface area (Å²) in [6, 6.07) is 3.44. The van der Waals surface area contributed by atoms with Crippen LogP contribution in [-0.4, -0.2) is 75.1 Å². The Labute approximate surface area is 231 Å². The Morgan fingerprint density at radius 1 is 1.08 bits per heavy atom. The normalized spacial score (nSPS) is 43.9. The minimum Gasteiger partial charge on any atom is -0.465 e. The lowest BCUT2D eigenvalue weighted by Gasteiger charge is -2.64. The predicted octanol–water partition coefficient (Wildman–Crippen LogP) is 4.30. The molecule has 39 heavy (non-hydrogen) atoms. The van der Waals surface area contributed by atoms with Crippen molar-refractivity contribution in [3.05, 3.63) is 34.4 Å². The minimum absolute atomic E-state index is 0.0465. The van der Waals surface area contributed by atoms with Crippen LogP contribution in [-0.2, 0) is 0 Å². The second kappa shape index (κ2) is 9.88. The molecule has 5 aliphatic rings. The van der Waals surface area contributed by atoms with E-state index in [1.807, 2.05) is 6.07 Å². The molecule has 3 N–H and O–H groups in total. The fourth-order valence-corrected chi connectivity index (χ4v) is 10.3. The van der Waals surface area contributed by atoms with Crippen molar-refractivity contribution >= 4 is 6.09 Å². The molecule has 216 valence electrons. The summed E-state index contributed by atoms with van der Waals surface area (Å²) in [4.78, 5) is 27.7. The molecular formula is C31H46N2O6. The zero-order valence-electron chi connectivity index (χ0n) is 23.6. The molecule has 1 saturated heterocycles. The number of hydrogen-bond donors (Lipinski definition) is 3. The largest absolute Gasteiger partial charge is 0.465 e. The lowest BCUT2D eigenvalue weighted by atomic mass is 9.43. The number of nitrogens with zero attached hydrogens (tertiary/aromatic N) is 2. The van der Waals surface area contributed by atoms with Gasteiger partial charge in [0.15, 0.2) is 0 Å². The maximum Gasteiger partial charge on any atom is 0.407 e. The SMILES string of the molecule is C[C@]12CC[C@H](N(CCN3CCC(O)C3)C(=O)O)C[C@H]1CC[C@@H]1[C@@H]2CC[C@]2(C)[C@@H](c3ccc(=O)oc3)CC[C@]12O. The van der Waals surface area contributed by atoms with Crippen molar-refractivity contribution in [3.63, 3.8) is 0 Å². The molecule has 1 amide bonds. The molecule has 4 aliphatic carbocycles. The first-order valence-corrected chi connectivity index (χ1v) is 15.3. The Morgan fingerprint density at radius 3 is 2.59 bits per heavy atom. The quantitative estimate of drug-likeness (QED) is 0.508. The molecule has 0 bridgehead atoms. The molecule has 1 aromatic rings. The van der Waals surface area contributed by atoms with Crippen LogP contribution in [0.15, 0.2) is 27.6 Å². The number of fused-ring (bicyclic) bond motifs is 5. The van der Waals surface area contributed by atoms with E-state index in [4.69, 9.17) is 4.42 Å². The standard InChI is InChI=1S/C31H46N2O6/c1-29-11-7-22(33(28(36)37)16-15-32-14-10-23(34)18-32)17-21(29)4-5-26-25(29)8-12-30(2)24(9-13-31(26,30)38)20-3-6-27(35)39-19-20/h3,6,19,21-26,34,38H,4-5,7-18H2,1-2H3,(H,36,37)/t21-,22+,23?,24-,25+,26-,29+,30-,31+/m1/s1. The summed E-state index contributed by atoms with van der Waals surface area (Å²) in [6.45, 7) is 7.37. The molecule has 1 unspecified atom stereocenters. The zero-order valence-corrected chi connectivity index (χ0v) is 23.6. The van der Waals surface area contributed by atoms with Gasteiger partial charge in [0.1, 0.15) is 0 Å². The highest BCUT2D eigenvalue weighted by atomic mass is 16.4. The lowest BCUT2D eigenvalue weighted by Crippen LogP contribution is -2.62. The van der Waals surface area contributed by atoms with Gasteiger partial charge in [0, 0.05) is 43.7 Å². The molecule has 4 saturated carbocycles. The zero-order chi connectivity index (χ0) is 27.6. The molecule has 2 heterocycles. The summed E-state index contributed by atoms with van der Waals surface area (Å²) in [7, 11) is 0. The van der Waals surface area contributed by atoms with Crippen LogP contribution < -0.4 is 5.63 Å². The van der Waals surface area contributed by atoms with Gasteiger partial charge in [-0.15, -0.1) is 0 Å².